The zero-order chi connectivity index (χ0) is 26.4. The quantitative estimate of drug-likeness (QED) is 0.374. The highest BCUT2D eigenvalue weighted by Gasteiger charge is 2.56. The number of carbonyl (C=O) groups is 1. The summed E-state index contributed by atoms with van der Waals surface area (Å²) >= 11 is 0. The minimum atomic E-state index is -4.78. The van der Waals surface area contributed by atoms with Gasteiger partial charge < -0.3 is 19.2 Å². The molecule has 1 aliphatic carbocycles. The number of hydrogen-bond donors (Lipinski definition) is 1. The van der Waals surface area contributed by atoms with Crippen LogP contribution in [0.5, 0.6) is 5.75 Å². The van der Waals surface area contributed by atoms with Crippen molar-refractivity contribution in [2.75, 3.05) is 19.6 Å². The molecule has 2 unspecified atom stereocenters. The summed E-state index contributed by atoms with van der Waals surface area (Å²) in [6.07, 6.45) is -1.56. The first-order valence-electron chi connectivity index (χ1n) is 12.5. The van der Waals surface area contributed by atoms with Gasteiger partial charge >= 0.3 is 6.36 Å². The Hall–Kier alpha value is -3.86. The summed E-state index contributed by atoms with van der Waals surface area (Å²) in [5.74, 6) is 1.68. The van der Waals surface area contributed by atoms with Crippen molar-refractivity contribution >= 4 is 16.9 Å². The van der Waals surface area contributed by atoms with Gasteiger partial charge in [-0.25, -0.2) is 9.97 Å². The van der Waals surface area contributed by atoms with Gasteiger partial charge in [0, 0.05) is 39.4 Å². The number of aryl methyl sites for hydroxylation is 1. The standard InChI is InChI=1S/C27H27F3N6O2/c1-34-14-24(31-16-34)26(37)36(10-17-5-4-6-18(9-17)38-27(28,29)30)13-21-19-11-35(12-20(19)21)15-25-32-22-7-2-3-8-23(22)33-25/h2-9,14,16,19-21H,10-13,15H2,1H3,(H,32,33). The number of imidazole rings is 2. The molecular weight excluding hydrogens is 497 g/mol. The van der Waals surface area contributed by atoms with Crippen molar-refractivity contribution in [2.45, 2.75) is 19.5 Å². The molecule has 1 N–H and O–H groups in total. The third kappa shape index (κ3) is 5.24. The van der Waals surface area contributed by atoms with E-state index in [0.29, 0.717) is 35.6 Å². The van der Waals surface area contributed by atoms with Crippen LogP contribution in [0, 0.1) is 17.8 Å². The number of halogens is 3. The lowest BCUT2D eigenvalue weighted by atomic mass is 10.1. The Morgan fingerprint density at radius 3 is 2.66 bits per heavy atom. The summed E-state index contributed by atoms with van der Waals surface area (Å²) in [5, 5.41) is 0. The smallest absolute Gasteiger partial charge is 0.406 e. The fourth-order valence-electron chi connectivity index (χ4n) is 5.65. The van der Waals surface area contributed by atoms with Crippen LogP contribution >= 0.6 is 0 Å². The summed E-state index contributed by atoms with van der Waals surface area (Å²) in [5.41, 5.74) is 2.86. The van der Waals surface area contributed by atoms with Crippen molar-refractivity contribution in [1.82, 2.24) is 29.3 Å². The maximum atomic E-state index is 13.4. The molecule has 1 saturated carbocycles. The van der Waals surface area contributed by atoms with E-state index in [0.717, 1.165) is 36.5 Å². The first-order valence-corrected chi connectivity index (χ1v) is 12.5. The Morgan fingerprint density at radius 2 is 1.95 bits per heavy atom. The van der Waals surface area contributed by atoms with E-state index in [1.807, 2.05) is 24.3 Å². The number of fused-ring (bicyclic) bond motifs is 2. The van der Waals surface area contributed by atoms with Crippen LogP contribution in [0.15, 0.2) is 61.1 Å². The maximum Gasteiger partial charge on any atom is 0.573 e. The fraction of sp³-hybridized carbons (Fsp3) is 0.370. The highest BCUT2D eigenvalue weighted by molar-refractivity contribution is 5.92. The summed E-state index contributed by atoms with van der Waals surface area (Å²) in [6.45, 7) is 3.29. The molecule has 2 aliphatic rings. The molecule has 1 amide bonds. The van der Waals surface area contributed by atoms with Crippen molar-refractivity contribution in [3.05, 3.63) is 78.1 Å². The van der Waals surface area contributed by atoms with Gasteiger partial charge in [0.05, 0.1) is 23.9 Å². The lowest BCUT2D eigenvalue weighted by molar-refractivity contribution is -0.274. The van der Waals surface area contributed by atoms with E-state index in [9.17, 15) is 18.0 Å². The largest absolute Gasteiger partial charge is 0.573 e. The van der Waals surface area contributed by atoms with Crippen LogP contribution in [0.4, 0.5) is 13.2 Å². The van der Waals surface area contributed by atoms with E-state index in [4.69, 9.17) is 0 Å². The molecule has 2 fully saturated rings. The Labute approximate surface area is 217 Å². The molecule has 0 bridgehead atoms. The van der Waals surface area contributed by atoms with E-state index in [-0.39, 0.29) is 18.2 Å². The number of likely N-dealkylation sites (tertiary alicyclic amines) is 1. The molecule has 4 aromatic rings. The Balaban J connectivity index is 1.12. The third-order valence-corrected chi connectivity index (χ3v) is 7.41. The lowest BCUT2D eigenvalue weighted by Gasteiger charge is -2.25. The van der Waals surface area contributed by atoms with Crippen LogP contribution in [-0.2, 0) is 20.1 Å². The minimum absolute atomic E-state index is 0.170. The van der Waals surface area contributed by atoms with Crippen molar-refractivity contribution in [3.63, 3.8) is 0 Å². The molecule has 6 rings (SSSR count). The monoisotopic (exact) mass is 524 g/mol. The van der Waals surface area contributed by atoms with E-state index in [1.165, 1.54) is 18.2 Å². The number of piperidine rings is 1. The number of para-hydroxylation sites is 2. The van der Waals surface area contributed by atoms with Crippen LogP contribution in [0.25, 0.3) is 11.0 Å². The molecule has 0 spiro atoms. The SMILES string of the molecule is Cn1cnc(C(=O)N(Cc2cccc(OC(F)(F)F)c2)CC2C3CN(Cc4nc5ccccc5[nH]4)CC32)c1. The average Bonchev–Trinajstić information content (AvgIpc) is 3.29. The second-order valence-corrected chi connectivity index (χ2v) is 10.2. The van der Waals surface area contributed by atoms with Gasteiger partial charge in [-0.2, -0.15) is 0 Å². The molecule has 2 atom stereocenters. The van der Waals surface area contributed by atoms with E-state index >= 15 is 0 Å². The van der Waals surface area contributed by atoms with Crippen molar-refractivity contribution < 1.29 is 22.7 Å². The van der Waals surface area contributed by atoms with Crippen LogP contribution < -0.4 is 4.74 Å². The number of rotatable bonds is 8. The highest BCUT2D eigenvalue weighted by Crippen LogP contribution is 2.52. The Morgan fingerprint density at radius 1 is 1.16 bits per heavy atom. The fourth-order valence-corrected chi connectivity index (χ4v) is 5.65. The van der Waals surface area contributed by atoms with Crippen molar-refractivity contribution in [1.29, 1.82) is 0 Å². The predicted molar refractivity (Wildman–Crippen MR) is 133 cm³/mol. The van der Waals surface area contributed by atoms with Crippen molar-refractivity contribution in [3.8, 4) is 5.75 Å². The summed E-state index contributed by atoms with van der Waals surface area (Å²) in [7, 11) is 1.79. The zero-order valence-corrected chi connectivity index (χ0v) is 20.7. The number of amides is 1. The van der Waals surface area contributed by atoms with E-state index < -0.39 is 6.36 Å². The van der Waals surface area contributed by atoms with Crippen LogP contribution in [0.1, 0.15) is 21.9 Å². The van der Waals surface area contributed by atoms with Gasteiger partial charge in [-0.15, -0.1) is 13.2 Å². The molecule has 1 aliphatic heterocycles. The number of benzene rings is 2. The van der Waals surface area contributed by atoms with Crippen LogP contribution in [-0.4, -0.2) is 61.2 Å². The van der Waals surface area contributed by atoms with Gasteiger partial charge in [-0.05, 0) is 47.6 Å². The molecule has 0 radical (unpaired) electrons. The van der Waals surface area contributed by atoms with Gasteiger partial charge in [0.2, 0.25) is 0 Å². The van der Waals surface area contributed by atoms with Gasteiger partial charge in [0.1, 0.15) is 17.3 Å². The first kappa shape index (κ1) is 24.5. The lowest BCUT2D eigenvalue weighted by Crippen LogP contribution is -2.35. The molecule has 1 saturated heterocycles. The highest BCUT2D eigenvalue weighted by atomic mass is 19.4. The number of H-pyrrole nitrogens is 1. The second kappa shape index (κ2) is 9.46. The number of aromatic amines is 1. The van der Waals surface area contributed by atoms with E-state index in [1.54, 1.807) is 35.1 Å². The Bertz CT molecular complexity index is 1420. The number of alkyl halides is 3. The number of nitrogens with one attached hydrogen (secondary N) is 1. The molecular formula is C27H27F3N6O2. The van der Waals surface area contributed by atoms with Gasteiger partial charge in [-0.3, -0.25) is 9.69 Å². The van der Waals surface area contributed by atoms with Gasteiger partial charge in [0.25, 0.3) is 5.91 Å². The normalized spacial score (nSPS) is 21.0. The molecule has 2 aromatic carbocycles. The molecule has 198 valence electrons. The number of hydrogen-bond acceptors (Lipinski definition) is 5. The second-order valence-electron chi connectivity index (χ2n) is 10.2. The predicted octanol–water partition coefficient (Wildman–Crippen LogP) is 4.22. The average molecular weight is 525 g/mol. The Kier molecular flexibility index (Phi) is 6.10. The summed E-state index contributed by atoms with van der Waals surface area (Å²) in [4.78, 5) is 29.7. The first-order chi connectivity index (χ1) is 18.2. The van der Waals surface area contributed by atoms with Crippen molar-refractivity contribution in [2.24, 2.45) is 24.8 Å². The zero-order valence-electron chi connectivity index (χ0n) is 20.7. The number of ether oxygens (including phenoxy) is 1. The maximum absolute atomic E-state index is 13.4. The topological polar surface area (TPSA) is 79.3 Å². The molecule has 8 nitrogen and oxygen atoms in total. The van der Waals surface area contributed by atoms with Gasteiger partial charge in [0.15, 0.2) is 0 Å². The molecule has 11 heteroatoms. The third-order valence-electron chi connectivity index (χ3n) is 7.41. The number of carbonyl (C=O) groups excluding carboxylic acids is 1. The summed E-state index contributed by atoms with van der Waals surface area (Å²) in [6, 6.07) is 13.7. The summed E-state index contributed by atoms with van der Waals surface area (Å²) < 4.78 is 43.9. The minimum Gasteiger partial charge on any atom is -0.406 e. The molecule has 3 heterocycles. The number of aromatic nitrogens is 4. The van der Waals surface area contributed by atoms with E-state index in [2.05, 4.69) is 24.6 Å². The van der Waals surface area contributed by atoms with Crippen LogP contribution in [0.3, 0.4) is 0 Å². The number of nitrogens with zero attached hydrogens (tertiary/aromatic N) is 5. The molecule has 38 heavy (non-hydrogen) atoms. The molecule has 2 aromatic heterocycles. The van der Waals surface area contributed by atoms with Gasteiger partial charge in [-0.1, -0.05) is 24.3 Å². The van der Waals surface area contributed by atoms with Crippen LogP contribution in [0.2, 0.25) is 0 Å².